The fourth-order valence-corrected chi connectivity index (χ4v) is 1.38. The molecule has 0 aliphatic heterocycles. The molecule has 0 aliphatic rings. The summed E-state index contributed by atoms with van der Waals surface area (Å²) in [4.78, 5) is 15.5. The lowest BCUT2D eigenvalue weighted by Gasteiger charge is -2.30. The van der Waals surface area contributed by atoms with Crippen LogP contribution in [0.15, 0.2) is 6.33 Å². The molecule has 0 spiro atoms. The van der Waals surface area contributed by atoms with Gasteiger partial charge in [0.15, 0.2) is 0 Å². The maximum atomic E-state index is 11.7. The first-order valence-corrected chi connectivity index (χ1v) is 5.05. The minimum Gasteiger partial charge on any atom is -0.343 e. The van der Waals surface area contributed by atoms with Crippen molar-refractivity contribution in [3.05, 3.63) is 12.2 Å². The highest BCUT2D eigenvalue weighted by Crippen LogP contribution is 2.13. The Morgan fingerprint density at radius 2 is 2.27 bits per heavy atom. The van der Waals surface area contributed by atoms with Crippen molar-refractivity contribution >= 4 is 5.91 Å². The van der Waals surface area contributed by atoms with Gasteiger partial charge in [0.2, 0.25) is 5.82 Å². The Bertz CT molecular complexity index is 296. The van der Waals surface area contributed by atoms with E-state index in [1.807, 2.05) is 13.8 Å². The summed E-state index contributed by atoms with van der Waals surface area (Å²) in [7, 11) is 0. The molecular weight excluding hydrogens is 194 g/mol. The van der Waals surface area contributed by atoms with Gasteiger partial charge in [-0.25, -0.2) is 4.98 Å². The number of H-pyrrole nitrogens is 1. The molecule has 1 amide bonds. The fourth-order valence-electron chi connectivity index (χ4n) is 1.38. The normalized spacial score (nSPS) is 11.4. The summed E-state index contributed by atoms with van der Waals surface area (Å²) >= 11 is 0. The van der Waals surface area contributed by atoms with Crippen molar-refractivity contribution < 1.29 is 4.79 Å². The average Bonchev–Trinajstić information content (AvgIpc) is 2.79. The molecule has 84 valence electrons. The summed E-state index contributed by atoms with van der Waals surface area (Å²) in [6.45, 7) is 4.41. The number of nitrogens with two attached hydrogens (primary N) is 1. The third-order valence-corrected chi connectivity index (χ3v) is 2.75. The van der Waals surface area contributed by atoms with Crippen molar-refractivity contribution in [2.45, 2.75) is 32.2 Å². The third kappa shape index (κ3) is 2.53. The number of carbonyl (C=O) groups is 1. The monoisotopic (exact) mass is 211 g/mol. The number of nitrogens with zero attached hydrogens (tertiary/aromatic N) is 2. The van der Waals surface area contributed by atoms with Gasteiger partial charge in [-0.15, -0.1) is 0 Å². The predicted molar refractivity (Wildman–Crippen MR) is 56.2 cm³/mol. The molecular formula is C9H17N5O. The van der Waals surface area contributed by atoms with Crippen LogP contribution >= 0.6 is 0 Å². The second-order valence-corrected chi connectivity index (χ2v) is 3.48. The zero-order valence-corrected chi connectivity index (χ0v) is 9.08. The smallest absolute Gasteiger partial charge is 0.289 e. The van der Waals surface area contributed by atoms with E-state index >= 15 is 0 Å². The van der Waals surface area contributed by atoms with Crippen LogP contribution in [0.25, 0.3) is 0 Å². The highest BCUT2D eigenvalue weighted by molar-refractivity contribution is 5.90. The fraction of sp³-hybridized carbons (Fsp3) is 0.667. The standard InChI is InChI=1S/C9H17N5O/c1-3-9(4-2,5-10)13-8(15)7-11-6-12-14-7/h6H,3-5,10H2,1-2H3,(H,13,15)(H,11,12,14). The van der Waals surface area contributed by atoms with E-state index in [9.17, 15) is 4.79 Å². The predicted octanol–water partition coefficient (Wildman–Crippen LogP) is 0.0520. The lowest BCUT2D eigenvalue weighted by atomic mass is 9.93. The molecule has 0 saturated heterocycles. The summed E-state index contributed by atoms with van der Waals surface area (Å²) in [6, 6.07) is 0. The summed E-state index contributed by atoms with van der Waals surface area (Å²) in [5.41, 5.74) is 5.33. The molecule has 6 nitrogen and oxygen atoms in total. The van der Waals surface area contributed by atoms with Crippen LogP contribution in [0.2, 0.25) is 0 Å². The first kappa shape index (κ1) is 11.6. The van der Waals surface area contributed by atoms with Gasteiger partial charge in [-0.2, -0.15) is 5.10 Å². The van der Waals surface area contributed by atoms with Crippen LogP contribution < -0.4 is 11.1 Å². The molecule has 1 aromatic rings. The summed E-state index contributed by atoms with van der Waals surface area (Å²) < 4.78 is 0. The number of hydrogen-bond acceptors (Lipinski definition) is 4. The Balaban J connectivity index is 2.71. The Kier molecular flexibility index (Phi) is 3.79. The zero-order chi connectivity index (χ0) is 11.3. The molecule has 0 unspecified atom stereocenters. The highest BCUT2D eigenvalue weighted by atomic mass is 16.2. The van der Waals surface area contributed by atoms with Crippen molar-refractivity contribution in [2.24, 2.45) is 5.73 Å². The topological polar surface area (TPSA) is 96.7 Å². The first-order chi connectivity index (χ1) is 7.17. The maximum Gasteiger partial charge on any atom is 0.289 e. The zero-order valence-electron chi connectivity index (χ0n) is 9.08. The Morgan fingerprint density at radius 1 is 1.60 bits per heavy atom. The molecule has 0 saturated carbocycles. The van der Waals surface area contributed by atoms with Gasteiger partial charge in [-0.05, 0) is 12.8 Å². The minimum absolute atomic E-state index is 0.217. The van der Waals surface area contributed by atoms with Crippen molar-refractivity contribution in [2.75, 3.05) is 6.54 Å². The van der Waals surface area contributed by atoms with Crippen LogP contribution in [0.1, 0.15) is 37.3 Å². The van der Waals surface area contributed by atoms with Gasteiger partial charge in [0.05, 0.1) is 5.54 Å². The quantitative estimate of drug-likeness (QED) is 0.641. The number of rotatable bonds is 5. The van der Waals surface area contributed by atoms with Crippen molar-refractivity contribution in [3.8, 4) is 0 Å². The molecule has 1 heterocycles. The van der Waals surface area contributed by atoms with E-state index in [1.54, 1.807) is 0 Å². The third-order valence-electron chi connectivity index (χ3n) is 2.75. The summed E-state index contributed by atoms with van der Waals surface area (Å²) in [5, 5.41) is 9.02. The van der Waals surface area contributed by atoms with Gasteiger partial charge in [-0.1, -0.05) is 13.8 Å². The van der Waals surface area contributed by atoms with Gasteiger partial charge in [0.25, 0.3) is 5.91 Å². The lowest BCUT2D eigenvalue weighted by molar-refractivity contribution is 0.0885. The van der Waals surface area contributed by atoms with E-state index in [4.69, 9.17) is 5.73 Å². The van der Waals surface area contributed by atoms with Crippen LogP contribution in [-0.2, 0) is 0 Å². The molecule has 0 bridgehead atoms. The van der Waals surface area contributed by atoms with E-state index < -0.39 is 0 Å². The maximum absolute atomic E-state index is 11.7. The molecule has 0 atom stereocenters. The van der Waals surface area contributed by atoms with Crippen LogP contribution in [0.4, 0.5) is 0 Å². The molecule has 4 N–H and O–H groups in total. The largest absolute Gasteiger partial charge is 0.343 e. The second kappa shape index (κ2) is 4.88. The van der Waals surface area contributed by atoms with Gasteiger partial charge in [0, 0.05) is 6.54 Å². The highest BCUT2D eigenvalue weighted by Gasteiger charge is 2.27. The number of carbonyl (C=O) groups excluding carboxylic acids is 1. The van der Waals surface area contributed by atoms with Crippen molar-refractivity contribution in [1.82, 2.24) is 20.5 Å². The number of nitrogens with one attached hydrogen (secondary N) is 2. The molecule has 0 fully saturated rings. The van der Waals surface area contributed by atoms with E-state index in [0.29, 0.717) is 6.54 Å². The number of amides is 1. The molecule has 0 aliphatic carbocycles. The van der Waals surface area contributed by atoms with Gasteiger partial charge in [-0.3, -0.25) is 9.89 Å². The minimum atomic E-state index is -0.343. The van der Waals surface area contributed by atoms with E-state index in [0.717, 1.165) is 12.8 Å². The van der Waals surface area contributed by atoms with Crippen LogP contribution in [0.3, 0.4) is 0 Å². The first-order valence-electron chi connectivity index (χ1n) is 5.05. The van der Waals surface area contributed by atoms with Crippen molar-refractivity contribution in [3.63, 3.8) is 0 Å². The van der Waals surface area contributed by atoms with E-state index in [1.165, 1.54) is 6.33 Å². The summed E-state index contributed by atoms with van der Waals surface area (Å²) in [5.74, 6) is -0.0450. The number of aromatic nitrogens is 3. The number of aromatic amines is 1. The summed E-state index contributed by atoms with van der Waals surface area (Å²) in [6.07, 6.45) is 2.89. The molecule has 1 rings (SSSR count). The second-order valence-electron chi connectivity index (χ2n) is 3.48. The van der Waals surface area contributed by atoms with Crippen LogP contribution in [0.5, 0.6) is 0 Å². The molecule has 15 heavy (non-hydrogen) atoms. The van der Waals surface area contributed by atoms with Crippen LogP contribution in [0, 0.1) is 0 Å². The molecule has 1 aromatic heterocycles. The van der Waals surface area contributed by atoms with Crippen LogP contribution in [-0.4, -0.2) is 33.2 Å². The SMILES string of the molecule is CCC(CC)(CN)NC(=O)c1ncn[nH]1. The Labute approximate surface area is 88.7 Å². The average molecular weight is 211 g/mol. The van der Waals surface area contributed by atoms with Gasteiger partial charge >= 0.3 is 0 Å². The molecule has 0 radical (unpaired) electrons. The van der Waals surface area contributed by atoms with E-state index in [2.05, 4.69) is 20.5 Å². The lowest BCUT2D eigenvalue weighted by Crippen LogP contribution is -2.53. The number of hydrogen-bond donors (Lipinski definition) is 3. The van der Waals surface area contributed by atoms with Crippen molar-refractivity contribution in [1.29, 1.82) is 0 Å². The van der Waals surface area contributed by atoms with E-state index in [-0.39, 0.29) is 17.3 Å². The van der Waals surface area contributed by atoms with Gasteiger partial charge in [0.1, 0.15) is 6.33 Å². The Morgan fingerprint density at radius 3 is 2.67 bits per heavy atom. The molecule has 6 heteroatoms. The van der Waals surface area contributed by atoms with Gasteiger partial charge < -0.3 is 11.1 Å². The Hall–Kier alpha value is -1.43. The molecule has 0 aromatic carbocycles.